The summed E-state index contributed by atoms with van der Waals surface area (Å²) in [6, 6.07) is 12.7. The first-order valence-electron chi connectivity index (χ1n) is 8.69. The number of hydrogen-bond donors (Lipinski definition) is 0. The molecule has 2 aromatic carbocycles. The molecule has 6 nitrogen and oxygen atoms in total. The van der Waals surface area contributed by atoms with Crippen molar-refractivity contribution in [1.29, 1.82) is 0 Å². The Labute approximate surface area is 176 Å². The average Bonchev–Trinajstić information content (AvgIpc) is 2.67. The topological polar surface area (TPSA) is 74.7 Å². The number of fused-ring (bicyclic) bond motifs is 1. The number of carbonyl (C=O) groups excluding carboxylic acids is 2. The zero-order valence-corrected chi connectivity index (χ0v) is 17.6. The summed E-state index contributed by atoms with van der Waals surface area (Å²) < 4.78 is 16.7. The van der Waals surface area contributed by atoms with Gasteiger partial charge < -0.3 is 14.2 Å². The minimum Gasteiger partial charge on any atom is -0.493 e. The van der Waals surface area contributed by atoms with Crippen LogP contribution in [0.3, 0.4) is 0 Å². The van der Waals surface area contributed by atoms with Crippen molar-refractivity contribution in [1.82, 2.24) is 4.98 Å². The van der Waals surface area contributed by atoms with Crippen LogP contribution >= 0.6 is 15.9 Å². The van der Waals surface area contributed by atoms with Crippen LogP contribution in [0.15, 0.2) is 46.9 Å². The van der Waals surface area contributed by atoms with Gasteiger partial charge in [-0.1, -0.05) is 34.1 Å². The summed E-state index contributed by atoms with van der Waals surface area (Å²) in [4.78, 5) is 27.4. The molecule has 0 aliphatic carbocycles. The summed E-state index contributed by atoms with van der Waals surface area (Å²) in [6.45, 7) is 2.68. The molecule has 0 spiro atoms. The molecule has 0 atom stereocenters. The van der Waals surface area contributed by atoms with E-state index in [1.54, 1.807) is 30.4 Å². The molecule has 0 aliphatic rings. The van der Waals surface area contributed by atoms with Crippen LogP contribution in [0.25, 0.3) is 23.1 Å². The van der Waals surface area contributed by atoms with Crippen molar-refractivity contribution >= 4 is 50.9 Å². The molecule has 1 heterocycles. The molecule has 0 saturated heterocycles. The van der Waals surface area contributed by atoms with Crippen LogP contribution in [0.4, 0.5) is 0 Å². The Hall–Kier alpha value is -3.19. The Bertz CT molecular complexity index is 1120. The molecule has 3 aromatic rings. The second-order valence-electron chi connectivity index (χ2n) is 6.11. The van der Waals surface area contributed by atoms with Gasteiger partial charge >= 0.3 is 11.9 Å². The molecule has 0 unspecified atom stereocenters. The van der Waals surface area contributed by atoms with Crippen molar-refractivity contribution in [2.75, 3.05) is 7.11 Å². The third-order valence-electron chi connectivity index (χ3n) is 3.91. The lowest BCUT2D eigenvalue weighted by Gasteiger charge is -2.12. The van der Waals surface area contributed by atoms with Crippen molar-refractivity contribution in [3.05, 3.63) is 58.2 Å². The number of benzene rings is 2. The molecular weight excluding hydrogens is 438 g/mol. The van der Waals surface area contributed by atoms with Gasteiger partial charge in [-0.2, -0.15) is 0 Å². The highest BCUT2D eigenvalue weighted by Crippen LogP contribution is 2.36. The van der Waals surface area contributed by atoms with E-state index in [2.05, 4.69) is 20.9 Å². The maximum absolute atomic E-state index is 11.5. The first-order chi connectivity index (χ1) is 13.9. The lowest BCUT2D eigenvalue weighted by atomic mass is 10.1. The van der Waals surface area contributed by atoms with Gasteiger partial charge in [0.1, 0.15) is 5.52 Å². The molecule has 0 amide bonds. The largest absolute Gasteiger partial charge is 0.493 e. The Morgan fingerprint density at radius 1 is 0.966 bits per heavy atom. The van der Waals surface area contributed by atoms with Crippen LogP contribution in [0.2, 0.25) is 0 Å². The highest BCUT2D eigenvalue weighted by molar-refractivity contribution is 9.10. The number of methoxy groups -OCH3 is 1. The van der Waals surface area contributed by atoms with Gasteiger partial charge in [0.25, 0.3) is 0 Å². The SMILES string of the molecule is COc1cc(Br)cc(/C=C/c2ccc3cccc(OC(C)=O)c3n2)c1OC(C)=O. The van der Waals surface area contributed by atoms with Crippen LogP contribution in [-0.4, -0.2) is 24.0 Å². The normalized spacial score (nSPS) is 10.9. The maximum atomic E-state index is 11.5. The zero-order chi connectivity index (χ0) is 21.0. The Morgan fingerprint density at radius 3 is 2.41 bits per heavy atom. The highest BCUT2D eigenvalue weighted by atomic mass is 79.9. The van der Waals surface area contributed by atoms with Gasteiger partial charge in [-0.3, -0.25) is 9.59 Å². The van der Waals surface area contributed by atoms with Crippen LogP contribution in [0.1, 0.15) is 25.1 Å². The number of halogens is 1. The number of para-hydroxylation sites is 1. The number of pyridine rings is 1. The van der Waals surface area contributed by atoms with Gasteiger partial charge in [0.05, 0.1) is 12.8 Å². The van der Waals surface area contributed by atoms with E-state index < -0.39 is 11.9 Å². The van der Waals surface area contributed by atoms with E-state index in [-0.39, 0.29) is 0 Å². The van der Waals surface area contributed by atoms with E-state index in [4.69, 9.17) is 14.2 Å². The van der Waals surface area contributed by atoms with Gasteiger partial charge in [0, 0.05) is 29.3 Å². The molecule has 0 aliphatic heterocycles. The molecule has 7 heteroatoms. The summed E-state index contributed by atoms with van der Waals surface area (Å²) in [5.41, 5.74) is 1.86. The van der Waals surface area contributed by atoms with Crippen LogP contribution in [0, 0.1) is 0 Å². The fourth-order valence-corrected chi connectivity index (χ4v) is 3.21. The number of carbonyl (C=O) groups is 2. The fourth-order valence-electron chi connectivity index (χ4n) is 2.76. The predicted molar refractivity (Wildman–Crippen MR) is 114 cm³/mol. The quantitative estimate of drug-likeness (QED) is 0.396. The first-order valence-corrected chi connectivity index (χ1v) is 9.49. The number of ether oxygens (including phenoxy) is 3. The van der Waals surface area contributed by atoms with Crippen molar-refractivity contribution in [3.63, 3.8) is 0 Å². The van der Waals surface area contributed by atoms with Gasteiger partial charge in [0.15, 0.2) is 17.2 Å². The molecule has 0 radical (unpaired) electrons. The van der Waals surface area contributed by atoms with Crippen LogP contribution in [0.5, 0.6) is 17.2 Å². The van der Waals surface area contributed by atoms with E-state index in [9.17, 15) is 9.59 Å². The highest BCUT2D eigenvalue weighted by Gasteiger charge is 2.13. The molecule has 29 heavy (non-hydrogen) atoms. The van der Waals surface area contributed by atoms with Crippen molar-refractivity contribution < 1.29 is 23.8 Å². The second-order valence-corrected chi connectivity index (χ2v) is 7.03. The molecule has 0 fully saturated rings. The standard InChI is InChI=1S/C22H18BrNO5/c1-13(25)28-19-6-4-5-15-7-9-18(24-21(15)19)10-8-16-11-17(23)12-20(27-3)22(16)29-14(2)26/h4-12H,1-3H3/b10-8+. The molecule has 0 bridgehead atoms. The minimum atomic E-state index is -0.449. The summed E-state index contributed by atoms with van der Waals surface area (Å²) in [5.74, 6) is 0.288. The number of aromatic nitrogens is 1. The third-order valence-corrected chi connectivity index (χ3v) is 4.36. The summed E-state index contributed by atoms with van der Waals surface area (Å²) in [5, 5.41) is 0.852. The summed E-state index contributed by atoms with van der Waals surface area (Å²) >= 11 is 3.43. The number of rotatable bonds is 5. The Balaban J connectivity index is 2.03. The van der Waals surface area contributed by atoms with Crippen LogP contribution in [-0.2, 0) is 9.59 Å². The van der Waals surface area contributed by atoms with Gasteiger partial charge in [0.2, 0.25) is 0 Å². The number of hydrogen-bond acceptors (Lipinski definition) is 6. The van der Waals surface area contributed by atoms with Crippen molar-refractivity contribution in [3.8, 4) is 17.2 Å². The van der Waals surface area contributed by atoms with Gasteiger partial charge in [-0.25, -0.2) is 4.98 Å². The predicted octanol–water partition coefficient (Wildman–Crippen LogP) is 5.03. The fraction of sp³-hybridized carbons (Fsp3) is 0.136. The monoisotopic (exact) mass is 455 g/mol. The van der Waals surface area contributed by atoms with Gasteiger partial charge in [-0.15, -0.1) is 0 Å². The summed E-state index contributed by atoms with van der Waals surface area (Å²) in [7, 11) is 1.50. The molecule has 0 saturated carbocycles. The van der Waals surface area contributed by atoms with E-state index in [0.717, 1.165) is 9.86 Å². The lowest BCUT2D eigenvalue weighted by Crippen LogP contribution is -2.04. The zero-order valence-electron chi connectivity index (χ0n) is 16.1. The molecule has 0 N–H and O–H groups in total. The Kier molecular flexibility index (Phi) is 6.29. The maximum Gasteiger partial charge on any atom is 0.308 e. The number of esters is 2. The van der Waals surface area contributed by atoms with Crippen molar-refractivity contribution in [2.24, 2.45) is 0 Å². The molecule has 3 rings (SSSR count). The lowest BCUT2D eigenvalue weighted by molar-refractivity contribution is -0.132. The Morgan fingerprint density at radius 2 is 1.72 bits per heavy atom. The van der Waals surface area contributed by atoms with Crippen LogP contribution < -0.4 is 14.2 Å². The smallest absolute Gasteiger partial charge is 0.308 e. The second kappa shape index (κ2) is 8.87. The summed E-state index contributed by atoms with van der Waals surface area (Å²) in [6.07, 6.45) is 3.55. The minimum absolute atomic E-state index is 0.320. The van der Waals surface area contributed by atoms with E-state index in [1.807, 2.05) is 24.3 Å². The van der Waals surface area contributed by atoms with E-state index in [0.29, 0.717) is 34.0 Å². The average molecular weight is 456 g/mol. The molecule has 148 valence electrons. The van der Waals surface area contributed by atoms with E-state index in [1.165, 1.54) is 21.0 Å². The molecular formula is C22H18BrNO5. The first kappa shape index (κ1) is 20.5. The third kappa shape index (κ3) is 5.00. The van der Waals surface area contributed by atoms with E-state index >= 15 is 0 Å². The molecule has 1 aromatic heterocycles. The van der Waals surface area contributed by atoms with Crippen molar-refractivity contribution in [2.45, 2.75) is 13.8 Å². The van der Waals surface area contributed by atoms with Gasteiger partial charge in [-0.05, 0) is 36.4 Å². The number of nitrogens with zero attached hydrogens (tertiary/aromatic N) is 1.